The maximum Gasteiger partial charge on any atom is 0.0474 e. The molecule has 3 unspecified atom stereocenters. The lowest BCUT2D eigenvalue weighted by molar-refractivity contribution is 0.151. The molecule has 0 aromatic heterocycles. The zero-order valence-electron chi connectivity index (χ0n) is 6.80. The normalized spacial score (nSPS) is 41.7. The third-order valence-electron chi connectivity index (χ3n) is 2.46. The van der Waals surface area contributed by atoms with E-state index in [2.05, 4.69) is 19.2 Å². The minimum atomic E-state index is 0.334. The van der Waals surface area contributed by atoms with Crippen molar-refractivity contribution in [2.24, 2.45) is 5.92 Å². The van der Waals surface area contributed by atoms with Gasteiger partial charge in [-0.1, -0.05) is 0 Å². The Morgan fingerprint density at radius 3 is 2.60 bits per heavy atom. The van der Waals surface area contributed by atoms with Crippen LogP contribution in [0.3, 0.4) is 0 Å². The molecule has 0 aromatic carbocycles. The molecule has 0 amide bonds. The first-order chi connectivity index (χ1) is 4.74. The molecule has 3 atom stereocenters. The highest BCUT2D eigenvalue weighted by atomic mass is 16.3. The van der Waals surface area contributed by atoms with E-state index >= 15 is 0 Å². The summed E-state index contributed by atoms with van der Waals surface area (Å²) < 4.78 is 0. The van der Waals surface area contributed by atoms with Crippen LogP contribution in [0.5, 0.6) is 0 Å². The van der Waals surface area contributed by atoms with Gasteiger partial charge in [0.15, 0.2) is 0 Å². The van der Waals surface area contributed by atoms with Gasteiger partial charge in [-0.3, -0.25) is 0 Å². The monoisotopic (exact) mass is 143 g/mol. The van der Waals surface area contributed by atoms with Gasteiger partial charge in [0.2, 0.25) is 0 Å². The van der Waals surface area contributed by atoms with Gasteiger partial charge in [0.05, 0.1) is 0 Å². The summed E-state index contributed by atoms with van der Waals surface area (Å²) in [4.78, 5) is 0. The van der Waals surface area contributed by atoms with Crippen LogP contribution in [-0.4, -0.2) is 23.8 Å². The number of hydrogen-bond donors (Lipinski definition) is 2. The predicted molar refractivity (Wildman–Crippen MR) is 41.9 cm³/mol. The fourth-order valence-corrected chi connectivity index (χ4v) is 1.63. The van der Waals surface area contributed by atoms with Gasteiger partial charge in [0.1, 0.15) is 0 Å². The molecule has 2 nitrogen and oxygen atoms in total. The molecule has 60 valence electrons. The minimum absolute atomic E-state index is 0.334. The van der Waals surface area contributed by atoms with Gasteiger partial charge >= 0.3 is 0 Å². The second kappa shape index (κ2) is 3.35. The summed E-state index contributed by atoms with van der Waals surface area (Å²) in [6, 6.07) is 1.13. The van der Waals surface area contributed by atoms with Crippen LogP contribution in [0, 0.1) is 5.92 Å². The van der Waals surface area contributed by atoms with Crippen molar-refractivity contribution in [2.45, 2.75) is 38.8 Å². The molecule has 2 N–H and O–H groups in total. The predicted octanol–water partition coefficient (Wildman–Crippen LogP) is 0.755. The second-order valence-corrected chi connectivity index (χ2v) is 3.38. The average Bonchev–Trinajstić information content (AvgIpc) is 1.88. The first-order valence-electron chi connectivity index (χ1n) is 4.11. The van der Waals surface area contributed by atoms with E-state index in [1.165, 1.54) is 12.8 Å². The number of rotatable bonds is 1. The van der Waals surface area contributed by atoms with Gasteiger partial charge in [0.25, 0.3) is 0 Å². The first-order valence-corrected chi connectivity index (χ1v) is 4.11. The number of nitrogens with one attached hydrogen (secondary N) is 1. The Morgan fingerprint density at radius 1 is 1.40 bits per heavy atom. The van der Waals surface area contributed by atoms with Crippen LogP contribution in [0.2, 0.25) is 0 Å². The summed E-state index contributed by atoms with van der Waals surface area (Å²) in [5.74, 6) is 0.483. The van der Waals surface area contributed by atoms with E-state index < -0.39 is 0 Å². The molecule has 1 saturated heterocycles. The Bertz CT molecular complexity index is 105. The molecule has 0 bridgehead atoms. The highest BCUT2D eigenvalue weighted by Crippen LogP contribution is 2.18. The van der Waals surface area contributed by atoms with Crippen LogP contribution in [0.4, 0.5) is 0 Å². The number of piperidine rings is 1. The summed E-state index contributed by atoms with van der Waals surface area (Å²) in [5, 5.41) is 12.3. The van der Waals surface area contributed by atoms with E-state index in [1.807, 2.05) is 0 Å². The van der Waals surface area contributed by atoms with Gasteiger partial charge in [-0.05, 0) is 32.6 Å². The maximum atomic E-state index is 8.91. The molecule has 1 rings (SSSR count). The van der Waals surface area contributed by atoms with Crippen LogP contribution < -0.4 is 5.32 Å². The molecule has 0 aromatic rings. The van der Waals surface area contributed by atoms with Crippen LogP contribution in [-0.2, 0) is 0 Å². The fourth-order valence-electron chi connectivity index (χ4n) is 1.63. The SMILES string of the molecule is CC1CCC(CO)C(C)N1. The molecule has 0 radical (unpaired) electrons. The summed E-state index contributed by atoms with van der Waals surface area (Å²) in [6.07, 6.45) is 2.38. The Balaban J connectivity index is 2.36. The summed E-state index contributed by atoms with van der Waals surface area (Å²) in [5.41, 5.74) is 0. The lowest BCUT2D eigenvalue weighted by atomic mass is 9.90. The molecule has 10 heavy (non-hydrogen) atoms. The smallest absolute Gasteiger partial charge is 0.0474 e. The highest BCUT2D eigenvalue weighted by molar-refractivity contribution is 4.81. The summed E-state index contributed by atoms with van der Waals surface area (Å²) in [6.45, 7) is 4.68. The van der Waals surface area contributed by atoms with Gasteiger partial charge in [-0.2, -0.15) is 0 Å². The third kappa shape index (κ3) is 1.70. The highest BCUT2D eigenvalue weighted by Gasteiger charge is 2.23. The van der Waals surface area contributed by atoms with Crippen molar-refractivity contribution < 1.29 is 5.11 Å². The fraction of sp³-hybridized carbons (Fsp3) is 1.00. The van der Waals surface area contributed by atoms with Crippen molar-refractivity contribution in [3.8, 4) is 0 Å². The molecule has 0 aliphatic carbocycles. The van der Waals surface area contributed by atoms with Gasteiger partial charge in [-0.25, -0.2) is 0 Å². The van der Waals surface area contributed by atoms with Crippen molar-refractivity contribution >= 4 is 0 Å². The summed E-state index contributed by atoms with van der Waals surface area (Å²) >= 11 is 0. The van der Waals surface area contributed by atoms with E-state index in [4.69, 9.17) is 5.11 Å². The van der Waals surface area contributed by atoms with Crippen molar-refractivity contribution in [1.82, 2.24) is 5.32 Å². The Labute approximate surface area is 62.6 Å². The average molecular weight is 143 g/mol. The second-order valence-electron chi connectivity index (χ2n) is 3.38. The molecule has 0 saturated carbocycles. The lowest BCUT2D eigenvalue weighted by Gasteiger charge is -2.32. The zero-order valence-corrected chi connectivity index (χ0v) is 6.80. The number of aliphatic hydroxyl groups is 1. The lowest BCUT2D eigenvalue weighted by Crippen LogP contribution is -2.45. The van der Waals surface area contributed by atoms with Crippen LogP contribution in [0.25, 0.3) is 0 Å². The molecule has 1 aliphatic rings. The molecule has 2 heteroatoms. The van der Waals surface area contributed by atoms with Gasteiger partial charge in [-0.15, -0.1) is 0 Å². The Hall–Kier alpha value is -0.0800. The van der Waals surface area contributed by atoms with Crippen molar-refractivity contribution in [3.05, 3.63) is 0 Å². The summed E-state index contributed by atoms with van der Waals surface area (Å²) in [7, 11) is 0. The molecule has 1 fully saturated rings. The van der Waals surface area contributed by atoms with E-state index in [0.717, 1.165) is 0 Å². The Morgan fingerprint density at radius 2 is 2.10 bits per heavy atom. The van der Waals surface area contributed by atoms with Crippen LogP contribution in [0.15, 0.2) is 0 Å². The topological polar surface area (TPSA) is 32.3 Å². The standard InChI is InChI=1S/C8H17NO/c1-6-3-4-8(5-10)7(2)9-6/h6-10H,3-5H2,1-2H3. The number of aliphatic hydroxyl groups excluding tert-OH is 1. The van der Waals surface area contributed by atoms with E-state index in [9.17, 15) is 0 Å². The molecular weight excluding hydrogens is 126 g/mol. The van der Waals surface area contributed by atoms with E-state index in [1.54, 1.807) is 0 Å². The molecule has 1 heterocycles. The van der Waals surface area contributed by atoms with Crippen molar-refractivity contribution in [1.29, 1.82) is 0 Å². The minimum Gasteiger partial charge on any atom is -0.396 e. The van der Waals surface area contributed by atoms with Crippen molar-refractivity contribution in [3.63, 3.8) is 0 Å². The zero-order chi connectivity index (χ0) is 7.56. The molecule has 1 aliphatic heterocycles. The molecule has 0 spiro atoms. The maximum absolute atomic E-state index is 8.91. The van der Waals surface area contributed by atoms with E-state index in [0.29, 0.717) is 24.6 Å². The molecular formula is C8H17NO. The third-order valence-corrected chi connectivity index (χ3v) is 2.46. The Kier molecular flexibility index (Phi) is 2.69. The van der Waals surface area contributed by atoms with Gasteiger partial charge in [0, 0.05) is 18.7 Å². The van der Waals surface area contributed by atoms with Gasteiger partial charge < -0.3 is 10.4 Å². The first kappa shape index (κ1) is 8.02. The van der Waals surface area contributed by atoms with Crippen LogP contribution in [0.1, 0.15) is 26.7 Å². The quantitative estimate of drug-likeness (QED) is 0.568. The van der Waals surface area contributed by atoms with Crippen LogP contribution >= 0.6 is 0 Å². The largest absolute Gasteiger partial charge is 0.396 e. The van der Waals surface area contributed by atoms with Crippen molar-refractivity contribution in [2.75, 3.05) is 6.61 Å². The van der Waals surface area contributed by atoms with E-state index in [-0.39, 0.29) is 0 Å². The number of hydrogen-bond acceptors (Lipinski definition) is 2.